The zero-order chi connectivity index (χ0) is 42.4. The lowest BCUT2D eigenvalue weighted by molar-refractivity contribution is 1.82. The lowest BCUT2D eigenvalue weighted by Gasteiger charge is -2.31. The van der Waals surface area contributed by atoms with E-state index in [1.54, 1.807) is 0 Å². The van der Waals surface area contributed by atoms with Crippen LogP contribution in [-0.4, -0.2) is 0 Å². The Morgan fingerprint density at radius 1 is 0.118 bits per heavy atom. The maximum absolute atomic E-state index is 2.60. The van der Waals surface area contributed by atoms with Crippen molar-refractivity contribution >= 4 is 237 Å². The van der Waals surface area contributed by atoms with Crippen LogP contribution in [-0.2, 0) is 0 Å². The average molecular weight is 841 g/mol. The van der Waals surface area contributed by atoms with E-state index in [0.29, 0.717) is 0 Å². The van der Waals surface area contributed by atoms with E-state index in [1.165, 1.54) is 237 Å². The molecule has 296 valence electrons. The van der Waals surface area contributed by atoms with E-state index < -0.39 is 0 Å². The quantitative estimate of drug-likeness (QED) is 0.105. The summed E-state index contributed by atoms with van der Waals surface area (Å²) in [6, 6.07) is 58.9. The summed E-state index contributed by atoms with van der Waals surface area (Å²) in [5, 5.41) is 62.4. The van der Waals surface area contributed by atoms with Crippen LogP contribution in [0, 0.1) is 0 Å². The molecule has 0 aromatic heterocycles. The van der Waals surface area contributed by atoms with Gasteiger partial charge in [0, 0.05) is 0 Å². The van der Waals surface area contributed by atoms with Gasteiger partial charge in [0.05, 0.1) is 0 Å². The lowest BCUT2D eigenvalue weighted by Crippen LogP contribution is -2.02. The highest BCUT2D eigenvalue weighted by Crippen LogP contribution is 2.64. The van der Waals surface area contributed by atoms with Crippen molar-refractivity contribution in [3.05, 3.63) is 146 Å². The van der Waals surface area contributed by atoms with Crippen molar-refractivity contribution in [3.8, 4) is 0 Å². The second-order valence-corrected chi connectivity index (χ2v) is 21.6. The molecule has 0 bridgehead atoms. The first-order valence-electron chi connectivity index (χ1n) is 24.4. The molecule has 68 heavy (non-hydrogen) atoms. The van der Waals surface area contributed by atoms with Crippen LogP contribution in [0.4, 0.5) is 0 Å². The molecular formula is C68H24. The van der Waals surface area contributed by atoms with Crippen molar-refractivity contribution in [1.82, 2.24) is 0 Å². The van der Waals surface area contributed by atoms with Crippen LogP contribution in [0.2, 0.25) is 0 Å². The van der Waals surface area contributed by atoms with E-state index in [9.17, 15) is 0 Å². The SMILES string of the molecule is c1cc2cc3cc4cc5cc6cc7cc8cccc9c%10cccc%11cc%12cc%13cc%14cc%15cc%16cc%17cccc%18c(c1)c2c1c3c2c4c3c5c4c6c5c7c(c89)c(c%11%10)c%12c5c%13c4c%14c3c%15c2c%16c1c%17%18. The molecule has 0 aliphatic rings. The van der Waals surface area contributed by atoms with Gasteiger partial charge < -0.3 is 0 Å². The highest BCUT2D eigenvalue weighted by Gasteiger charge is 2.35. The maximum Gasteiger partial charge on any atom is -0.0000906 e. The molecule has 23 rings (SSSR count). The molecule has 0 saturated heterocycles. The summed E-state index contributed by atoms with van der Waals surface area (Å²) in [5.74, 6) is 0. The van der Waals surface area contributed by atoms with Gasteiger partial charge >= 0.3 is 0 Å². The molecule has 23 aromatic rings. The van der Waals surface area contributed by atoms with E-state index in [0.717, 1.165) is 0 Å². The highest BCUT2D eigenvalue weighted by atomic mass is 14.4. The third kappa shape index (κ3) is 2.60. The van der Waals surface area contributed by atoms with Crippen LogP contribution in [0.15, 0.2) is 146 Å². The number of benzene rings is 23. The van der Waals surface area contributed by atoms with Gasteiger partial charge in [-0.25, -0.2) is 0 Å². The number of hydrogen-bond acceptors (Lipinski definition) is 0. The normalized spacial score (nSPS) is 14.5. The lowest BCUT2D eigenvalue weighted by atomic mass is 9.71. The predicted octanol–water partition coefficient (Wildman–Crippen LogP) is 19.7. The maximum atomic E-state index is 2.60. The van der Waals surface area contributed by atoms with Crippen LogP contribution >= 0.6 is 0 Å². The van der Waals surface area contributed by atoms with Crippen LogP contribution in [0.25, 0.3) is 237 Å². The molecule has 0 amide bonds. The van der Waals surface area contributed by atoms with Crippen molar-refractivity contribution in [3.63, 3.8) is 0 Å². The van der Waals surface area contributed by atoms with Gasteiger partial charge in [-0.05, 0) is 310 Å². The molecule has 0 saturated carbocycles. The molecule has 0 nitrogen and oxygen atoms in total. The Morgan fingerprint density at radius 2 is 0.265 bits per heavy atom. The molecule has 0 radical (unpaired) electrons. The summed E-state index contributed by atoms with van der Waals surface area (Å²) in [6.45, 7) is 0. The first-order chi connectivity index (χ1) is 33.7. The van der Waals surface area contributed by atoms with Crippen LogP contribution in [0.3, 0.4) is 0 Å². The topological polar surface area (TPSA) is 0 Å². The molecule has 0 aliphatic carbocycles. The summed E-state index contributed by atoms with van der Waals surface area (Å²) in [4.78, 5) is 0. The molecular weight excluding hydrogens is 817 g/mol. The summed E-state index contributed by atoms with van der Waals surface area (Å²) in [6.07, 6.45) is 0. The summed E-state index contributed by atoms with van der Waals surface area (Å²) >= 11 is 0. The minimum atomic E-state index is 1.34. The monoisotopic (exact) mass is 840 g/mol. The standard InChI is InChI=1S/C68H24/c1-5-25-13-29-17-33-21-37-22-35-19-31-15-27-7-3-11-41-42-12-4-8-28-16-32-20-36-24-38-23-34-18-30-14-26-6-2-10-40-39(9-1)43(25)57-47(29)61-51(33)65-55(37)67-53(35)63-49(31)59(45(27)41)60(46(28)42)50(32)64(63)54(36)68(67)56(38)66(65)52(34)62(61)48(30)58(57)44(26)40/h1-24H. The fraction of sp³-hybridized carbons (Fsp3) is 0. The molecule has 23 aromatic carbocycles. The van der Waals surface area contributed by atoms with Gasteiger partial charge in [-0.2, -0.15) is 0 Å². The number of hydrogen-bond donors (Lipinski definition) is 0. The first-order valence-corrected chi connectivity index (χ1v) is 24.4. The van der Waals surface area contributed by atoms with Gasteiger partial charge in [0.2, 0.25) is 0 Å². The smallest absolute Gasteiger partial charge is 0.0000906 e. The number of fused-ring (bicyclic) bond motifs is 2. The first kappa shape index (κ1) is 30.4. The van der Waals surface area contributed by atoms with Gasteiger partial charge in [-0.3, -0.25) is 0 Å². The molecule has 0 heteroatoms. The van der Waals surface area contributed by atoms with Gasteiger partial charge in [0.15, 0.2) is 0 Å². The van der Waals surface area contributed by atoms with Crippen molar-refractivity contribution in [2.45, 2.75) is 0 Å². The van der Waals surface area contributed by atoms with Crippen molar-refractivity contribution < 1.29 is 0 Å². The van der Waals surface area contributed by atoms with Crippen LogP contribution < -0.4 is 0 Å². The van der Waals surface area contributed by atoms with Gasteiger partial charge in [-0.15, -0.1) is 0 Å². The van der Waals surface area contributed by atoms with E-state index >= 15 is 0 Å². The Labute approximate surface area is 380 Å². The Balaban J connectivity index is 1.11. The Morgan fingerprint density at radius 3 is 0.441 bits per heavy atom. The fourth-order valence-electron chi connectivity index (χ4n) is 17.3. The molecule has 0 N–H and O–H groups in total. The van der Waals surface area contributed by atoms with Gasteiger partial charge in [-0.1, -0.05) is 72.8 Å². The van der Waals surface area contributed by atoms with Crippen molar-refractivity contribution in [1.29, 1.82) is 0 Å². The van der Waals surface area contributed by atoms with Gasteiger partial charge in [0.1, 0.15) is 0 Å². The Kier molecular flexibility index (Phi) is 3.92. The molecule has 0 spiro atoms. The molecule has 0 unspecified atom stereocenters. The highest BCUT2D eigenvalue weighted by molar-refractivity contribution is 6.64. The van der Waals surface area contributed by atoms with E-state index in [1.807, 2.05) is 0 Å². The minimum absolute atomic E-state index is 1.34. The number of rotatable bonds is 0. The predicted molar refractivity (Wildman–Crippen MR) is 297 cm³/mol. The van der Waals surface area contributed by atoms with Crippen LogP contribution in [0.5, 0.6) is 0 Å². The van der Waals surface area contributed by atoms with Crippen LogP contribution in [0.1, 0.15) is 0 Å². The summed E-state index contributed by atoms with van der Waals surface area (Å²) in [5.41, 5.74) is 0. The Bertz CT molecular complexity index is 5490. The zero-order valence-electron chi connectivity index (χ0n) is 35.9. The fourth-order valence-corrected chi connectivity index (χ4v) is 17.3. The molecule has 0 heterocycles. The van der Waals surface area contributed by atoms with Crippen molar-refractivity contribution in [2.75, 3.05) is 0 Å². The third-order valence-corrected chi connectivity index (χ3v) is 19.1. The minimum Gasteiger partial charge on any atom is -0.0610 e. The summed E-state index contributed by atoms with van der Waals surface area (Å²) in [7, 11) is 0. The van der Waals surface area contributed by atoms with Crippen molar-refractivity contribution in [2.24, 2.45) is 0 Å². The van der Waals surface area contributed by atoms with E-state index in [2.05, 4.69) is 146 Å². The zero-order valence-corrected chi connectivity index (χ0v) is 35.9. The molecule has 0 atom stereocenters. The largest absolute Gasteiger partial charge is 0.0610 e. The second kappa shape index (κ2) is 8.77. The second-order valence-electron chi connectivity index (χ2n) is 21.6. The Hall–Kier alpha value is -8.84. The van der Waals surface area contributed by atoms with Gasteiger partial charge in [0.25, 0.3) is 0 Å². The van der Waals surface area contributed by atoms with E-state index in [4.69, 9.17) is 0 Å². The molecule has 0 fully saturated rings. The van der Waals surface area contributed by atoms with E-state index in [-0.39, 0.29) is 0 Å². The summed E-state index contributed by atoms with van der Waals surface area (Å²) < 4.78 is 0. The third-order valence-electron chi connectivity index (χ3n) is 19.1. The average Bonchev–Trinajstić information content (AvgIpc) is 3.36. The molecule has 0 aliphatic heterocycles.